The fourth-order valence-electron chi connectivity index (χ4n) is 3.93. The number of benzene rings is 2. The summed E-state index contributed by atoms with van der Waals surface area (Å²) in [7, 11) is 0. The molecule has 0 saturated carbocycles. The van der Waals surface area contributed by atoms with Crippen molar-refractivity contribution in [1.82, 2.24) is 10.2 Å². The van der Waals surface area contributed by atoms with Gasteiger partial charge in [-0.1, -0.05) is 49.1 Å². The van der Waals surface area contributed by atoms with Crippen molar-refractivity contribution in [3.63, 3.8) is 0 Å². The molecule has 0 aliphatic heterocycles. The van der Waals surface area contributed by atoms with E-state index >= 15 is 0 Å². The Hall–Kier alpha value is -3.61. The third kappa shape index (κ3) is 7.70. The Morgan fingerprint density at radius 2 is 1.58 bits per heavy atom. The lowest BCUT2D eigenvalue weighted by Crippen LogP contribution is -2.54. The second-order valence-electron chi connectivity index (χ2n) is 10.8. The Bertz CT molecular complexity index is 1110. The summed E-state index contributed by atoms with van der Waals surface area (Å²) in [5, 5.41) is 5.57. The zero-order valence-electron chi connectivity index (χ0n) is 22.7. The zero-order chi connectivity index (χ0) is 27.3. The van der Waals surface area contributed by atoms with Gasteiger partial charge in [0.1, 0.15) is 18.2 Å². The van der Waals surface area contributed by atoms with Crippen molar-refractivity contribution in [2.45, 2.75) is 72.6 Å². The number of ether oxygens (including phenoxy) is 1. The van der Waals surface area contributed by atoms with Gasteiger partial charge < -0.3 is 20.3 Å². The molecule has 0 radical (unpaired) electrons. The van der Waals surface area contributed by atoms with E-state index in [4.69, 9.17) is 4.74 Å². The molecule has 7 heteroatoms. The summed E-state index contributed by atoms with van der Waals surface area (Å²) >= 11 is 0. The smallest absolute Gasteiger partial charge is 0.408 e. The molecular weight excluding hydrogens is 454 g/mol. The van der Waals surface area contributed by atoms with Crippen LogP contribution in [-0.2, 0) is 14.3 Å². The highest BCUT2D eigenvalue weighted by molar-refractivity contribution is 5.99. The SMILES string of the molecule is C=Cc1cccc(C(C(=O)Nc2c(C)cccc2C)N(C(=O)CNC(=O)OC(C)(C)C)C(C)(C)C)c1. The van der Waals surface area contributed by atoms with Gasteiger partial charge in [0.15, 0.2) is 0 Å². The number of hydrogen-bond donors (Lipinski definition) is 2. The molecular formula is C29H39N3O4. The molecule has 0 bridgehead atoms. The Morgan fingerprint density at radius 3 is 2.11 bits per heavy atom. The number of anilines is 1. The molecule has 1 atom stereocenters. The minimum absolute atomic E-state index is 0.319. The predicted octanol–water partition coefficient (Wildman–Crippen LogP) is 5.78. The third-order valence-electron chi connectivity index (χ3n) is 5.47. The van der Waals surface area contributed by atoms with Crippen LogP contribution in [0.5, 0.6) is 0 Å². The van der Waals surface area contributed by atoms with Crippen LogP contribution in [-0.4, -0.2) is 40.5 Å². The van der Waals surface area contributed by atoms with E-state index in [1.54, 1.807) is 26.8 Å². The summed E-state index contributed by atoms with van der Waals surface area (Å²) < 4.78 is 5.27. The molecule has 0 aliphatic rings. The van der Waals surface area contributed by atoms with Gasteiger partial charge in [0.25, 0.3) is 5.91 Å². The van der Waals surface area contributed by atoms with Crippen molar-refractivity contribution in [3.05, 3.63) is 71.3 Å². The summed E-state index contributed by atoms with van der Waals surface area (Å²) in [6, 6.07) is 12.2. The van der Waals surface area contributed by atoms with E-state index < -0.39 is 29.2 Å². The first-order valence-electron chi connectivity index (χ1n) is 12.0. The van der Waals surface area contributed by atoms with Crippen molar-refractivity contribution >= 4 is 29.7 Å². The summed E-state index contributed by atoms with van der Waals surface area (Å²) in [6.07, 6.45) is 0.993. The molecule has 3 amide bonds. The lowest BCUT2D eigenvalue weighted by molar-refractivity contribution is -0.144. The van der Waals surface area contributed by atoms with Crippen molar-refractivity contribution in [3.8, 4) is 0 Å². The first-order chi connectivity index (χ1) is 16.6. The maximum Gasteiger partial charge on any atom is 0.408 e. The molecule has 0 spiro atoms. The number of alkyl carbamates (subject to hydrolysis) is 1. The van der Waals surface area contributed by atoms with Crippen LogP contribution >= 0.6 is 0 Å². The number of nitrogens with zero attached hydrogens (tertiary/aromatic N) is 1. The van der Waals surface area contributed by atoms with Gasteiger partial charge in [-0.15, -0.1) is 0 Å². The number of aryl methyl sites for hydroxylation is 2. The average Bonchev–Trinajstić information content (AvgIpc) is 2.76. The molecule has 2 N–H and O–H groups in total. The second-order valence-corrected chi connectivity index (χ2v) is 10.8. The lowest BCUT2D eigenvalue weighted by atomic mass is 9.95. The molecule has 194 valence electrons. The van der Waals surface area contributed by atoms with Crippen LogP contribution in [0.2, 0.25) is 0 Å². The monoisotopic (exact) mass is 493 g/mol. The van der Waals surface area contributed by atoms with Gasteiger partial charge in [-0.2, -0.15) is 0 Å². The molecule has 36 heavy (non-hydrogen) atoms. The van der Waals surface area contributed by atoms with E-state index in [0.29, 0.717) is 11.3 Å². The largest absolute Gasteiger partial charge is 0.444 e. The van der Waals surface area contributed by atoms with Crippen molar-refractivity contribution < 1.29 is 19.1 Å². The molecule has 0 aromatic heterocycles. The highest BCUT2D eigenvalue weighted by Gasteiger charge is 2.39. The fourth-order valence-corrected chi connectivity index (χ4v) is 3.93. The highest BCUT2D eigenvalue weighted by atomic mass is 16.6. The van der Waals surface area contributed by atoms with E-state index in [9.17, 15) is 14.4 Å². The Balaban J connectivity index is 2.50. The number of carbonyl (C=O) groups excluding carboxylic acids is 3. The molecule has 7 nitrogen and oxygen atoms in total. The number of rotatable bonds is 7. The van der Waals surface area contributed by atoms with Gasteiger partial charge in [0, 0.05) is 11.2 Å². The van der Waals surface area contributed by atoms with E-state index in [1.165, 1.54) is 4.90 Å². The normalized spacial score (nSPS) is 12.3. The van der Waals surface area contributed by atoms with Crippen molar-refractivity contribution in [1.29, 1.82) is 0 Å². The van der Waals surface area contributed by atoms with Gasteiger partial charge in [0.05, 0.1) is 0 Å². The standard InChI is InChI=1S/C29H39N3O4/c1-10-21-15-12-16-22(17-21)25(26(34)31-24-19(2)13-11-14-20(24)3)32(28(4,5)6)23(33)18-30-27(35)36-29(7,8)9/h10-17,25H,1,18H2,2-9H3,(H,30,35)(H,31,34). The molecule has 0 aliphatic carbocycles. The quantitative estimate of drug-likeness (QED) is 0.512. The zero-order valence-corrected chi connectivity index (χ0v) is 22.7. The topological polar surface area (TPSA) is 87.7 Å². The van der Waals surface area contributed by atoms with E-state index in [-0.39, 0.29) is 12.5 Å². The van der Waals surface area contributed by atoms with E-state index in [1.807, 2.05) is 77.1 Å². The van der Waals surface area contributed by atoms with Gasteiger partial charge >= 0.3 is 6.09 Å². The summed E-state index contributed by atoms with van der Waals surface area (Å²) in [4.78, 5) is 41.2. The molecule has 2 rings (SSSR count). The average molecular weight is 494 g/mol. The van der Waals surface area contributed by atoms with Crippen LogP contribution < -0.4 is 10.6 Å². The fraction of sp³-hybridized carbons (Fsp3) is 0.414. The van der Waals surface area contributed by atoms with Gasteiger partial charge in [0.2, 0.25) is 5.91 Å². The maximum absolute atomic E-state index is 13.9. The van der Waals surface area contributed by atoms with Crippen molar-refractivity contribution in [2.75, 3.05) is 11.9 Å². The van der Waals surface area contributed by atoms with Crippen LogP contribution in [0, 0.1) is 13.8 Å². The van der Waals surface area contributed by atoms with Crippen LogP contribution in [0.15, 0.2) is 49.0 Å². The second kappa shape index (κ2) is 11.4. The van der Waals surface area contributed by atoms with E-state index in [2.05, 4.69) is 17.2 Å². The first kappa shape index (κ1) is 28.6. The first-order valence-corrected chi connectivity index (χ1v) is 12.0. The molecule has 2 aromatic rings. The van der Waals surface area contributed by atoms with Gasteiger partial charge in [-0.05, 0) is 83.7 Å². The number of nitrogens with one attached hydrogen (secondary N) is 2. The number of carbonyl (C=O) groups is 3. The molecule has 0 fully saturated rings. The number of amides is 3. The van der Waals surface area contributed by atoms with Crippen LogP contribution in [0.4, 0.5) is 10.5 Å². The number of para-hydroxylation sites is 1. The minimum Gasteiger partial charge on any atom is -0.444 e. The Labute approximate surface area is 214 Å². The van der Waals surface area contributed by atoms with Crippen LogP contribution in [0.1, 0.15) is 69.8 Å². The van der Waals surface area contributed by atoms with Crippen molar-refractivity contribution in [2.24, 2.45) is 0 Å². The molecule has 0 heterocycles. The lowest BCUT2D eigenvalue weighted by Gasteiger charge is -2.41. The summed E-state index contributed by atoms with van der Waals surface area (Å²) in [6.45, 7) is 18.2. The molecule has 2 aromatic carbocycles. The van der Waals surface area contributed by atoms with Gasteiger partial charge in [-0.3, -0.25) is 9.59 Å². The molecule has 1 unspecified atom stereocenters. The Kier molecular flexibility index (Phi) is 9.08. The van der Waals surface area contributed by atoms with Gasteiger partial charge in [-0.25, -0.2) is 4.79 Å². The van der Waals surface area contributed by atoms with Crippen LogP contribution in [0.3, 0.4) is 0 Å². The third-order valence-corrected chi connectivity index (χ3v) is 5.47. The summed E-state index contributed by atoms with van der Waals surface area (Å²) in [5.41, 5.74) is 2.56. The van der Waals surface area contributed by atoms with Crippen LogP contribution in [0.25, 0.3) is 6.08 Å². The minimum atomic E-state index is -0.961. The summed E-state index contributed by atoms with van der Waals surface area (Å²) in [5.74, 6) is -0.770. The predicted molar refractivity (Wildman–Crippen MR) is 145 cm³/mol. The highest BCUT2D eigenvalue weighted by Crippen LogP contribution is 2.32. The maximum atomic E-state index is 13.9. The number of hydrogen-bond acceptors (Lipinski definition) is 4. The Morgan fingerprint density at radius 1 is 1.00 bits per heavy atom. The van der Waals surface area contributed by atoms with E-state index in [0.717, 1.165) is 16.7 Å². The molecule has 0 saturated heterocycles.